The molecule has 41 heavy (non-hydrogen) atoms. The first-order chi connectivity index (χ1) is 19.4. The van der Waals surface area contributed by atoms with Crippen LogP contribution in [-0.4, -0.2) is 54.4 Å². The second-order valence-corrected chi connectivity index (χ2v) is 11.7. The van der Waals surface area contributed by atoms with E-state index < -0.39 is 23.4 Å². The van der Waals surface area contributed by atoms with Gasteiger partial charge in [0, 0.05) is 0 Å². The third-order valence-corrected chi connectivity index (χ3v) is 7.57. The quantitative estimate of drug-likeness (QED) is 0.322. The number of rotatable bonds is 8. The second-order valence-electron chi connectivity index (χ2n) is 11.7. The van der Waals surface area contributed by atoms with E-state index in [0.717, 1.165) is 45.6 Å². The summed E-state index contributed by atoms with van der Waals surface area (Å²) >= 11 is 0. The van der Waals surface area contributed by atoms with Crippen molar-refractivity contribution in [3.8, 4) is 6.26 Å². The van der Waals surface area contributed by atoms with E-state index in [1.54, 1.807) is 45.2 Å². The zero-order valence-corrected chi connectivity index (χ0v) is 23.8. The molecule has 2 heterocycles. The molecule has 1 aliphatic carbocycles. The Morgan fingerprint density at radius 2 is 1.98 bits per heavy atom. The Hall–Kier alpha value is -3.49. The Labute approximate surface area is 239 Å². The zero-order chi connectivity index (χ0) is 29.6. The molecule has 0 spiro atoms. The third-order valence-electron chi connectivity index (χ3n) is 7.57. The molecule has 12 heteroatoms. The minimum atomic E-state index is -4.46. The monoisotopic (exact) mass is 571 g/mol. The maximum atomic E-state index is 14.1. The van der Waals surface area contributed by atoms with Crippen LogP contribution in [0.4, 0.5) is 18.0 Å². The summed E-state index contributed by atoms with van der Waals surface area (Å²) in [5.74, 6) is 1.07. The predicted molar refractivity (Wildman–Crippen MR) is 152 cm³/mol. The van der Waals surface area contributed by atoms with E-state index in [4.69, 9.17) is 14.7 Å². The predicted octanol–water partition coefficient (Wildman–Crippen LogP) is 5.36. The number of nitrogens with zero attached hydrogens (tertiary/aromatic N) is 3. The van der Waals surface area contributed by atoms with Gasteiger partial charge in [-0.15, -0.1) is 0 Å². The Morgan fingerprint density at radius 1 is 1.22 bits per heavy atom. The molecule has 0 bridgehead atoms. The summed E-state index contributed by atoms with van der Waals surface area (Å²) in [6.45, 7) is 6.04. The number of aryl methyl sites for hydroxylation is 1. The van der Waals surface area contributed by atoms with Gasteiger partial charge in [0.25, 0.3) is 0 Å². The van der Waals surface area contributed by atoms with Crippen LogP contribution in [0.15, 0.2) is 29.3 Å². The molecule has 220 valence electrons. The molecule has 1 aromatic carbocycles. The zero-order valence-electron chi connectivity index (χ0n) is 23.8. The first kappa shape index (κ1) is 30.5. The second kappa shape index (κ2) is 13.0. The van der Waals surface area contributed by atoms with Crippen LogP contribution in [0.2, 0.25) is 0 Å². The van der Waals surface area contributed by atoms with E-state index in [0.29, 0.717) is 54.5 Å². The maximum absolute atomic E-state index is 14.1. The Balaban J connectivity index is 1.50. The summed E-state index contributed by atoms with van der Waals surface area (Å²) in [5.41, 5.74) is 0.229. The van der Waals surface area contributed by atoms with Gasteiger partial charge in [0.1, 0.15) is 0 Å². The first-order valence-corrected chi connectivity index (χ1v) is 14.2. The molecule has 1 amide bonds. The number of hydrogen-bond donors (Lipinski definition) is 2. The molecule has 0 radical (unpaired) electrons. The van der Waals surface area contributed by atoms with Gasteiger partial charge in [-0.05, 0) is 5.92 Å². The Kier molecular flexibility index (Phi) is 9.66. The third kappa shape index (κ3) is 8.27. The molecule has 1 aromatic rings. The number of alkyl carbamates (subject to hydrolysis) is 1. The van der Waals surface area contributed by atoms with Gasteiger partial charge in [-0.2, -0.15) is 0 Å². The van der Waals surface area contributed by atoms with Crippen LogP contribution < -0.4 is 10.6 Å². The Morgan fingerprint density at radius 3 is 2.66 bits per heavy atom. The van der Waals surface area contributed by atoms with E-state index in [9.17, 15) is 18.0 Å². The summed E-state index contributed by atoms with van der Waals surface area (Å²) < 4.78 is 52.5. The summed E-state index contributed by atoms with van der Waals surface area (Å²) in [5, 5.41) is 14.8. The molecule has 1 saturated heterocycles. The number of carbonyl (C=O) groups excluding carboxylic acids is 1. The van der Waals surface area contributed by atoms with Crippen molar-refractivity contribution in [1.29, 1.82) is 5.26 Å². The number of benzene rings is 1. The number of amidine groups is 1. The van der Waals surface area contributed by atoms with Crippen molar-refractivity contribution in [2.24, 2.45) is 10.9 Å². The van der Waals surface area contributed by atoms with Crippen molar-refractivity contribution in [2.45, 2.75) is 90.0 Å². The van der Waals surface area contributed by atoms with Crippen LogP contribution in [0.1, 0.15) is 82.4 Å². The number of likely N-dealkylation sites (tertiary alicyclic amines) is 1. The van der Waals surface area contributed by atoms with Gasteiger partial charge >= 0.3 is 208 Å². The van der Waals surface area contributed by atoms with Crippen molar-refractivity contribution >= 4 is 30.5 Å². The Bertz CT molecular complexity index is 1240. The van der Waals surface area contributed by atoms with Gasteiger partial charge in [-0.1, -0.05) is 25.7 Å². The van der Waals surface area contributed by atoms with Crippen molar-refractivity contribution in [3.63, 3.8) is 0 Å². The topological polar surface area (TPSA) is 99.0 Å². The number of nitriles is 1. The fourth-order valence-electron chi connectivity index (χ4n) is 5.73. The van der Waals surface area contributed by atoms with E-state index in [2.05, 4.69) is 15.6 Å². The van der Waals surface area contributed by atoms with Gasteiger partial charge in [-0.3, -0.25) is 0 Å². The molecule has 3 aliphatic rings. The van der Waals surface area contributed by atoms with Crippen molar-refractivity contribution < 1.29 is 27.4 Å². The van der Waals surface area contributed by atoms with Crippen molar-refractivity contribution in [3.05, 3.63) is 41.0 Å². The number of ether oxygens (including phenoxy) is 1. The van der Waals surface area contributed by atoms with Crippen molar-refractivity contribution in [1.82, 2.24) is 15.5 Å². The van der Waals surface area contributed by atoms with E-state index in [1.807, 2.05) is 4.90 Å². The van der Waals surface area contributed by atoms with Crippen LogP contribution in [0.3, 0.4) is 0 Å². The number of hydrogen-bond acceptors (Lipinski definition) is 7. The molecule has 1 unspecified atom stereocenters. The number of amides is 1. The molecule has 4 rings (SSSR count). The first-order valence-electron chi connectivity index (χ1n) is 14.2. The van der Waals surface area contributed by atoms with Gasteiger partial charge in [0.05, 0.1) is 0 Å². The van der Waals surface area contributed by atoms with E-state index >= 15 is 0 Å². The average Bonchev–Trinajstić information content (AvgIpc) is 3.61. The molecule has 8 nitrogen and oxygen atoms in total. The van der Waals surface area contributed by atoms with Crippen LogP contribution >= 0.6 is 0 Å². The molecule has 1 saturated carbocycles. The molecule has 2 aliphatic heterocycles. The molecular weight excluding hydrogens is 534 g/mol. The number of alkyl halides is 3. The molecule has 2 N–H and O–H groups in total. The van der Waals surface area contributed by atoms with E-state index in [-0.39, 0.29) is 11.8 Å². The number of aliphatic imine (C=N–C) groups is 1. The SMILES string of the molecule is CC(C)(C)OC(=O)NC(=BOC#N)N1CCCC1C1=NCC=C(c2ccc(CCC3CCCC3)c(C(F)(F)F)c2)N1. The van der Waals surface area contributed by atoms with Gasteiger partial charge in [0.15, 0.2) is 0 Å². The molecule has 0 aromatic heterocycles. The van der Waals surface area contributed by atoms with Crippen LogP contribution in [0.25, 0.3) is 5.70 Å². The fraction of sp³-hybridized carbons (Fsp3) is 0.586. The van der Waals surface area contributed by atoms with Crippen LogP contribution in [0, 0.1) is 17.4 Å². The number of carbonyl (C=O) groups is 1. The van der Waals surface area contributed by atoms with E-state index in [1.165, 1.54) is 6.07 Å². The standard InChI is InChI=1S/C29H37BF3N5O3/c1-28(2,3)41-27(39)37-26(30-40-18-34)38-16-6-9-24(38)25-35-15-14-23(36-25)21-13-12-20(22(17-21)29(31,32)33)11-10-19-7-4-5-8-19/h12-14,17,19,24H,4-11,15-16H2,1-3H3,(H,35,36)(H,37,39). The summed E-state index contributed by atoms with van der Waals surface area (Å²) in [7, 11) is 1.14. The van der Waals surface area contributed by atoms with Crippen LogP contribution in [-0.2, 0) is 22.0 Å². The summed E-state index contributed by atoms with van der Waals surface area (Å²) in [6.07, 6.45) is 5.34. The van der Waals surface area contributed by atoms with Crippen LogP contribution in [0.5, 0.6) is 0 Å². The number of halogens is 3. The summed E-state index contributed by atoms with van der Waals surface area (Å²) in [6, 6.07) is 4.25. The normalized spacial score (nSPS) is 20.0. The summed E-state index contributed by atoms with van der Waals surface area (Å²) in [4.78, 5) is 18.9. The molecule has 2 fully saturated rings. The fourth-order valence-corrected chi connectivity index (χ4v) is 5.73. The van der Waals surface area contributed by atoms with Gasteiger partial charge in [-0.25, -0.2) is 0 Å². The van der Waals surface area contributed by atoms with Crippen molar-refractivity contribution in [2.75, 3.05) is 13.1 Å². The number of nitrogens with one attached hydrogen (secondary N) is 2. The van der Waals surface area contributed by atoms with Gasteiger partial charge < -0.3 is 0 Å². The minimum absolute atomic E-state index is 0.231. The molecule has 1 atom stereocenters. The molecular formula is C29H37BF3N5O3. The van der Waals surface area contributed by atoms with Gasteiger partial charge in [0.2, 0.25) is 0 Å². The average molecular weight is 571 g/mol.